The largest absolute Gasteiger partial charge is 0.507 e. The van der Waals surface area contributed by atoms with Crippen molar-refractivity contribution in [2.75, 3.05) is 7.11 Å². The summed E-state index contributed by atoms with van der Waals surface area (Å²) in [4.78, 5) is 11.8. The molecule has 5 heteroatoms. The molecule has 1 aliphatic rings. The number of carbonyl (C=O) groups is 1. The lowest BCUT2D eigenvalue weighted by Crippen LogP contribution is -2.17. The molecule has 0 radical (unpaired) electrons. The van der Waals surface area contributed by atoms with Gasteiger partial charge < -0.3 is 20.1 Å². The average molecular weight is 252 g/mol. The van der Waals surface area contributed by atoms with Crippen LogP contribution in [0.4, 0.5) is 0 Å². The van der Waals surface area contributed by atoms with Crippen LogP contribution in [-0.2, 0) is 0 Å². The number of fused-ring (bicyclic) bond motifs is 1. The molecule has 2 atom stereocenters. The fourth-order valence-corrected chi connectivity index (χ4v) is 2.36. The van der Waals surface area contributed by atoms with Gasteiger partial charge in [0.25, 0.3) is 0 Å². The third kappa shape index (κ3) is 1.85. The Balaban J connectivity index is 2.73. The van der Waals surface area contributed by atoms with Crippen LogP contribution in [0.5, 0.6) is 11.5 Å². The van der Waals surface area contributed by atoms with E-state index in [-0.39, 0.29) is 34.8 Å². The Morgan fingerprint density at radius 1 is 1.50 bits per heavy atom. The molecule has 0 unspecified atom stereocenters. The van der Waals surface area contributed by atoms with Gasteiger partial charge in [-0.25, -0.2) is 0 Å². The average Bonchev–Trinajstić information content (AvgIpc) is 2.32. The van der Waals surface area contributed by atoms with Gasteiger partial charge in [0.2, 0.25) is 0 Å². The fourth-order valence-electron chi connectivity index (χ4n) is 2.36. The summed E-state index contributed by atoms with van der Waals surface area (Å²) in [6, 6.07) is 1.51. The van der Waals surface area contributed by atoms with Gasteiger partial charge in [0.15, 0.2) is 5.78 Å². The molecule has 3 N–H and O–H groups in total. The quantitative estimate of drug-likeness (QED) is 0.741. The maximum atomic E-state index is 11.8. The molecule has 1 aromatic rings. The van der Waals surface area contributed by atoms with Crippen LogP contribution in [0.25, 0.3) is 0 Å². The molecular formula is C13H16O5. The van der Waals surface area contributed by atoms with Crippen molar-refractivity contribution in [3.63, 3.8) is 0 Å². The number of hydrogen-bond acceptors (Lipinski definition) is 5. The molecule has 0 heterocycles. The predicted octanol–water partition coefficient (Wildman–Crippen LogP) is 1.46. The number of benzene rings is 1. The van der Waals surface area contributed by atoms with Gasteiger partial charge in [-0.3, -0.25) is 4.79 Å². The van der Waals surface area contributed by atoms with E-state index in [0.717, 1.165) is 0 Å². The van der Waals surface area contributed by atoms with Crippen LogP contribution in [0.2, 0.25) is 0 Å². The second kappa shape index (κ2) is 4.59. The summed E-state index contributed by atoms with van der Waals surface area (Å²) in [5.41, 5.74) is 0.647. The monoisotopic (exact) mass is 252 g/mol. The van der Waals surface area contributed by atoms with Crippen molar-refractivity contribution in [1.29, 1.82) is 0 Å². The Labute approximate surface area is 105 Å². The highest BCUT2D eigenvalue weighted by molar-refractivity contribution is 6.02. The van der Waals surface area contributed by atoms with Crippen LogP contribution in [0.3, 0.4) is 0 Å². The first-order chi connectivity index (χ1) is 8.47. The topological polar surface area (TPSA) is 87.0 Å². The minimum Gasteiger partial charge on any atom is -0.507 e. The number of aromatic hydroxyl groups is 1. The van der Waals surface area contributed by atoms with Gasteiger partial charge in [0, 0.05) is 6.42 Å². The zero-order valence-electron chi connectivity index (χ0n) is 10.3. The van der Waals surface area contributed by atoms with Crippen molar-refractivity contribution in [3.8, 4) is 11.5 Å². The van der Waals surface area contributed by atoms with Crippen LogP contribution < -0.4 is 4.74 Å². The summed E-state index contributed by atoms with van der Waals surface area (Å²) in [5, 5.41) is 29.7. The maximum absolute atomic E-state index is 11.8. The van der Waals surface area contributed by atoms with E-state index in [1.807, 2.05) is 0 Å². The highest BCUT2D eigenvalue weighted by Crippen LogP contribution is 2.43. The lowest BCUT2D eigenvalue weighted by molar-refractivity contribution is 0.0890. The second-order valence-corrected chi connectivity index (χ2v) is 4.46. The first-order valence-electron chi connectivity index (χ1n) is 5.80. The van der Waals surface area contributed by atoms with Crippen molar-refractivity contribution in [2.45, 2.75) is 32.0 Å². The van der Waals surface area contributed by atoms with E-state index in [9.17, 15) is 20.1 Å². The number of phenols is 1. The molecule has 2 rings (SSSR count). The molecule has 18 heavy (non-hydrogen) atoms. The van der Waals surface area contributed by atoms with Gasteiger partial charge >= 0.3 is 0 Å². The fraction of sp³-hybridized carbons (Fsp3) is 0.462. The molecule has 1 aliphatic carbocycles. The highest BCUT2D eigenvalue weighted by Gasteiger charge is 2.31. The molecule has 0 spiro atoms. The number of rotatable bonds is 2. The van der Waals surface area contributed by atoms with E-state index < -0.39 is 12.2 Å². The van der Waals surface area contributed by atoms with Crippen LogP contribution in [0.15, 0.2) is 6.07 Å². The molecular weight excluding hydrogens is 236 g/mol. The summed E-state index contributed by atoms with van der Waals surface area (Å²) in [5.74, 6) is -0.240. The number of methoxy groups -OCH3 is 1. The van der Waals surface area contributed by atoms with Gasteiger partial charge in [0.05, 0.1) is 30.4 Å². The lowest BCUT2D eigenvalue weighted by Gasteiger charge is -2.24. The summed E-state index contributed by atoms with van der Waals surface area (Å²) in [7, 11) is 1.41. The van der Waals surface area contributed by atoms with E-state index >= 15 is 0 Å². The number of phenolic OH excluding ortho intramolecular Hbond substituents is 1. The van der Waals surface area contributed by atoms with Crippen LogP contribution in [0, 0.1) is 0 Å². The second-order valence-electron chi connectivity index (χ2n) is 4.46. The zero-order chi connectivity index (χ0) is 13.4. The van der Waals surface area contributed by atoms with Crippen molar-refractivity contribution >= 4 is 5.78 Å². The minimum atomic E-state index is -0.961. The molecule has 5 nitrogen and oxygen atoms in total. The van der Waals surface area contributed by atoms with Crippen LogP contribution in [0.1, 0.15) is 53.5 Å². The van der Waals surface area contributed by atoms with Crippen LogP contribution >= 0.6 is 0 Å². The molecule has 0 fully saturated rings. The Morgan fingerprint density at radius 3 is 2.72 bits per heavy atom. The third-order valence-electron chi connectivity index (χ3n) is 3.25. The number of aliphatic hydroxyl groups is 2. The van der Waals surface area contributed by atoms with E-state index in [4.69, 9.17) is 4.74 Å². The number of carbonyl (C=O) groups excluding carboxylic acids is 1. The first kappa shape index (κ1) is 12.9. The van der Waals surface area contributed by atoms with Crippen molar-refractivity contribution in [3.05, 3.63) is 22.8 Å². The molecule has 0 bridgehead atoms. The van der Waals surface area contributed by atoms with E-state index in [0.29, 0.717) is 12.0 Å². The van der Waals surface area contributed by atoms with Crippen molar-refractivity contribution < 1.29 is 24.9 Å². The normalized spacial score (nSPS) is 20.4. The molecule has 0 saturated carbocycles. The number of aliphatic hydroxyl groups excluding tert-OH is 2. The van der Waals surface area contributed by atoms with Gasteiger partial charge in [-0.1, -0.05) is 0 Å². The molecule has 0 aromatic heterocycles. The molecule has 0 aliphatic heterocycles. The van der Waals surface area contributed by atoms with Crippen LogP contribution in [-0.4, -0.2) is 28.2 Å². The summed E-state index contributed by atoms with van der Waals surface area (Å²) in [6.07, 6.45) is -1.23. The zero-order valence-corrected chi connectivity index (χ0v) is 10.3. The molecule has 98 valence electrons. The molecule has 0 amide bonds. The smallest absolute Gasteiger partial charge is 0.167 e. The first-order valence-corrected chi connectivity index (χ1v) is 5.80. The molecule has 1 aromatic carbocycles. The maximum Gasteiger partial charge on any atom is 0.167 e. The Bertz CT molecular complexity index is 493. The SMILES string of the molecule is COc1cc2c(c(O)c1[C@H](C)O)C(=O)CC[C@@H]2O. The summed E-state index contributed by atoms with van der Waals surface area (Å²) in [6.45, 7) is 1.48. The standard InChI is InChI=1S/C13H16O5/c1-6(14)11-10(18-2)5-7-8(15)3-4-9(16)12(7)13(11)17/h5-6,8,14-15,17H,3-4H2,1-2H3/t6-,8-/m0/s1. The summed E-state index contributed by atoms with van der Waals surface area (Å²) < 4.78 is 5.09. The van der Waals surface area contributed by atoms with E-state index in [1.54, 1.807) is 0 Å². The number of ether oxygens (including phenoxy) is 1. The predicted molar refractivity (Wildman–Crippen MR) is 63.8 cm³/mol. The van der Waals surface area contributed by atoms with Gasteiger partial charge in [-0.05, 0) is 25.0 Å². The summed E-state index contributed by atoms with van der Waals surface area (Å²) >= 11 is 0. The number of Topliss-reactive ketones (excluding diaryl/α,β-unsaturated/α-hetero) is 1. The molecule has 0 saturated heterocycles. The highest BCUT2D eigenvalue weighted by atomic mass is 16.5. The third-order valence-corrected chi connectivity index (χ3v) is 3.25. The Hall–Kier alpha value is -1.59. The lowest BCUT2D eigenvalue weighted by atomic mass is 9.85. The Morgan fingerprint density at radius 2 is 2.17 bits per heavy atom. The Kier molecular flexibility index (Phi) is 3.28. The van der Waals surface area contributed by atoms with Crippen molar-refractivity contribution in [1.82, 2.24) is 0 Å². The number of ketones is 1. The van der Waals surface area contributed by atoms with Gasteiger partial charge in [-0.15, -0.1) is 0 Å². The minimum absolute atomic E-state index is 0.102. The number of hydrogen-bond donors (Lipinski definition) is 3. The van der Waals surface area contributed by atoms with E-state index in [2.05, 4.69) is 0 Å². The van der Waals surface area contributed by atoms with E-state index in [1.165, 1.54) is 20.1 Å². The van der Waals surface area contributed by atoms with Gasteiger partial charge in [0.1, 0.15) is 11.5 Å². The van der Waals surface area contributed by atoms with Gasteiger partial charge in [-0.2, -0.15) is 0 Å². The van der Waals surface area contributed by atoms with Crippen molar-refractivity contribution in [2.24, 2.45) is 0 Å².